The Morgan fingerprint density at radius 1 is 1.41 bits per heavy atom. The van der Waals surface area contributed by atoms with Gasteiger partial charge in [-0.05, 0) is 32.7 Å². The summed E-state index contributed by atoms with van der Waals surface area (Å²) in [6.07, 6.45) is 3.82. The van der Waals surface area contributed by atoms with Crippen LogP contribution in [0.4, 0.5) is 10.1 Å². The topological polar surface area (TPSA) is 98.4 Å². The Kier molecular flexibility index (Phi) is 4.79. The number of aromatic nitrogens is 1. The Balaban J connectivity index is 2.03. The molecule has 1 unspecified atom stereocenters. The van der Waals surface area contributed by atoms with Gasteiger partial charge in [0.15, 0.2) is 5.82 Å². The molecule has 1 aromatic heterocycles. The maximum atomic E-state index is 15.5. The molecule has 0 spiro atoms. The highest BCUT2D eigenvalue weighted by atomic mass is 19.1. The van der Waals surface area contributed by atoms with Crippen molar-refractivity contribution in [1.82, 2.24) is 9.88 Å². The van der Waals surface area contributed by atoms with Crippen LogP contribution in [-0.2, 0) is 0 Å². The SMILES string of the molecule is CCNC1CCN(c2c(F)c(C)c3c(=O)c(C(=O)O)cn(C4CC4)c3c2C#N)C1. The van der Waals surface area contributed by atoms with Gasteiger partial charge in [-0.1, -0.05) is 6.92 Å². The molecule has 2 N–H and O–H groups in total. The molecule has 8 heteroatoms. The highest BCUT2D eigenvalue weighted by molar-refractivity contribution is 5.98. The Labute approximate surface area is 167 Å². The smallest absolute Gasteiger partial charge is 0.341 e. The number of benzene rings is 1. The fraction of sp³-hybridized carbons (Fsp3) is 0.476. The van der Waals surface area contributed by atoms with Crippen molar-refractivity contribution in [3.8, 4) is 6.07 Å². The van der Waals surface area contributed by atoms with Crippen molar-refractivity contribution in [3.05, 3.63) is 38.9 Å². The van der Waals surface area contributed by atoms with E-state index in [2.05, 4.69) is 11.4 Å². The second-order valence-corrected chi connectivity index (χ2v) is 7.80. The Bertz CT molecular complexity index is 1110. The predicted molar refractivity (Wildman–Crippen MR) is 107 cm³/mol. The third kappa shape index (κ3) is 3.06. The molecule has 1 saturated heterocycles. The van der Waals surface area contributed by atoms with Crippen molar-refractivity contribution >= 4 is 22.6 Å². The lowest BCUT2D eigenvalue weighted by molar-refractivity contribution is 0.0695. The number of carboxylic acids is 1. The molecule has 1 aliphatic heterocycles. The summed E-state index contributed by atoms with van der Waals surface area (Å²) in [5.74, 6) is -1.96. The van der Waals surface area contributed by atoms with Gasteiger partial charge in [0.1, 0.15) is 17.2 Å². The summed E-state index contributed by atoms with van der Waals surface area (Å²) in [5.41, 5.74) is -0.349. The maximum absolute atomic E-state index is 15.5. The van der Waals surface area contributed by atoms with Crippen molar-refractivity contribution in [1.29, 1.82) is 5.26 Å². The Morgan fingerprint density at radius 2 is 2.14 bits per heavy atom. The number of halogens is 1. The Morgan fingerprint density at radius 3 is 2.72 bits per heavy atom. The molecule has 4 rings (SSSR count). The van der Waals surface area contributed by atoms with E-state index in [0.29, 0.717) is 18.6 Å². The minimum Gasteiger partial charge on any atom is -0.477 e. The maximum Gasteiger partial charge on any atom is 0.341 e. The van der Waals surface area contributed by atoms with Crippen molar-refractivity contribution in [2.75, 3.05) is 24.5 Å². The van der Waals surface area contributed by atoms with Gasteiger partial charge in [-0.3, -0.25) is 4.79 Å². The number of nitriles is 1. The number of carboxylic acid groups (broad SMARTS) is 1. The fourth-order valence-corrected chi connectivity index (χ4v) is 4.36. The van der Waals surface area contributed by atoms with Gasteiger partial charge in [0.05, 0.1) is 16.6 Å². The molecule has 7 nitrogen and oxygen atoms in total. The van der Waals surface area contributed by atoms with Gasteiger partial charge < -0.3 is 19.9 Å². The van der Waals surface area contributed by atoms with Gasteiger partial charge in [-0.25, -0.2) is 9.18 Å². The lowest BCUT2D eigenvalue weighted by atomic mass is 9.99. The number of likely N-dealkylation sites (N-methyl/N-ethyl adjacent to an activating group) is 1. The predicted octanol–water partition coefficient (Wildman–Crippen LogP) is 2.54. The largest absolute Gasteiger partial charge is 0.477 e. The average Bonchev–Trinajstić information content (AvgIpc) is 3.43. The van der Waals surface area contributed by atoms with Crippen LogP contribution in [-0.4, -0.2) is 41.3 Å². The highest BCUT2D eigenvalue weighted by Gasteiger charge is 2.33. The van der Waals surface area contributed by atoms with Crippen molar-refractivity contribution < 1.29 is 14.3 Å². The third-order valence-electron chi connectivity index (χ3n) is 5.90. The lowest BCUT2D eigenvalue weighted by Crippen LogP contribution is -2.33. The van der Waals surface area contributed by atoms with Crippen molar-refractivity contribution in [3.63, 3.8) is 0 Å². The summed E-state index contributed by atoms with van der Waals surface area (Å²) < 4.78 is 17.2. The van der Waals surface area contributed by atoms with E-state index >= 15 is 4.39 Å². The minimum atomic E-state index is -1.35. The second-order valence-electron chi connectivity index (χ2n) is 7.80. The number of nitrogens with zero attached hydrogens (tertiary/aromatic N) is 3. The summed E-state index contributed by atoms with van der Waals surface area (Å²) in [5, 5.41) is 22.8. The lowest BCUT2D eigenvalue weighted by Gasteiger charge is -2.24. The number of fused-ring (bicyclic) bond motifs is 1. The van der Waals surface area contributed by atoms with Gasteiger partial charge in [0, 0.05) is 36.9 Å². The zero-order chi connectivity index (χ0) is 20.9. The standard InChI is InChI=1S/C21H23FN4O3/c1-3-24-12-6-7-25(9-12)19-14(8-23)18-16(11(2)17(19)22)20(27)15(21(28)29)10-26(18)13-4-5-13/h10,12-13,24H,3-7,9H2,1-2H3,(H,28,29). The molecule has 1 atom stereocenters. The molecule has 1 saturated carbocycles. The zero-order valence-electron chi connectivity index (χ0n) is 16.5. The molecule has 2 aliphatic rings. The van der Waals surface area contributed by atoms with Crippen molar-refractivity contribution in [2.45, 2.75) is 45.2 Å². The van der Waals surface area contributed by atoms with E-state index in [1.54, 1.807) is 4.57 Å². The fourth-order valence-electron chi connectivity index (χ4n) is 4.36. The van der Waals surface area contributed by atoms with E-state index in [-0.39, 0.29) is 34.3 Å². The van der Waals surface area contributed by atoms with Crippen LogP contribution in [0, 0.1) is 24.1 Å². The molecule has 0 radical (unpaired) electrons. The third-order valence-corrected chi connectivity index (χ3v) is 5.90. The van der Waals surface area contributed by atoms with Gasteiger partial charge >= 0.3 is 5.97 Å². The van der Waals surface area contributed by atoms with E-state index in [4.69, 9.17) is 0 Å². The van der Waals surface area contributed by atoms with Crippen LogP contribution < -0.4 is 15.6 Å². The van der Waals surface area contributed by atoms with Gasteiger partial charge in [-0.2, -0.15) is 5.26 Å². The quantitative estimate of drug-likeness (QED) is 0.803. The monoisotopic (exact) mass is 398 g/mol. The first-order chi connectivity index (χ1) is 13.9. The first kappa shape index (κ1) is 19.4. The number of rotatable bonds is 5. The number of pyridine rings is 1. The number of aromatic carboxylic acids is 1. The number of anilines is 1. The van der Waals surface area contributed by atoms with Crippen LogP contribution in [0.2, 0.25) is 0 Å². The molecule has 2 aromatic rings. The van der Waals surface area contributed by atoms with Gasteiger partial charge in [-0.15, -0.1) is 0 Å². The molecule has 29 heavy (non-hydrogen) atoms. The molecule has 152 valence electrons. The number of aryl methyl sites for hydroxylation is 1. The van der Waals surface area contributed by atoms with Crippen LogP contribution in [0.3, 0.4) is 0 Å². The number of hydrogen-bond donors (Lipinski definition) is 2. The summed E-state index contributed by atoms with van der Waals surface area (Å²) >= 11 is 0. The highest BCUT2D eigenvalue weighted by Crippen LogP contribution is 2.41. The second kappa shape index (κ2) is 7.16. The van der Waals surface area contributed by atoms with E-state index in [0.717, 1.165) is 25.8 Å². The summed E-state index contributed by atoms with van der Waals surface area (Å²) in [7, 11) is 0. The van der Waals surface area contributed by atoms with Crippen molar-refractivity contribution in [2.24, 2.45) is 0 Å². The number of carbonyl (C=O) groups is 1. The molecule has 1 aliphatic carbocycles. The van der Waals surface area contributed by atoms with Crippen LogP contribution in [0.1, 0.15) is 53.7 Å². The molecule has 0 amide bonds. The molecule has 2 fully saturated rings. The molecule has 0 bridgehead atoms. The van der Waals surface area contributed by atoms with Gasteiger partial charge in [0.2, 0.25) is 5.43 Å². The van der Waals surface area contributed by atoms with E-state index in [1.807, 2.05) is 11.8 Å². The molecular formula is C21H23FN4O3. The van der Waals surface area contributed by atoms with Crippen LogP contribution in [0.25, 0.3) is 10.9 Å². The van der Waals surface area contributed by atoms with E-state index in [9.17, 15) is 20.0 Å². The van der Waals surface area contributed by atoms with Crippen LogP contribution in [0.15, 0.2) is 11.0 Å². The average molecular weight is 398 g/mol. The zero-order valence-corrected chi connectivity index (χ0v) is 16.5. The molecule has 2 heterocycles. The Hall–Kier alpha value is -2.92. The molecule has 1 aromatic carbocycles. The summed E-state index contributed by atoms with van der Waals surface area (Å²) in [6, 6.07) is 2.35. The normalized spacial score (nSPS) is 19.0. The number of hydrogen-bond acceptors (Lipinski definition) is 5. The van der Waals surface area contributed by atoms with Crippen LogP contribution >= 0.6 is 0 Å². The summed E-state index contributed by atoms with van der Waals surface area (Å²) in [4.78, 5) is 26.3. The first-order valence-corrected chi connectivity index (χ1v) is 9.91. The van der Waals surface area contributed by atoms with E-state index < -0.39 is 22.8 Å². The minimum absolute atomic E-state index is 0.00275. The summed E-state index contributed by atoms with van der Waals surface area (Å²) in [6.45, 7) is 5.49. The molecular weight excluding hydrogens is 375 g/mol. The first-order valence-electron chi connectivity index (χ1n) is 9.91. The van der Waals surface area contributed by atoms with Gasteiger partial charge in [0.25, 0.3) is 0 Å². The number of nitrogens with one attached hydrogen (secondary N) is 1. The van der Waals surface area contributed by atoms with E-state index in [1.165, 1.54) is 13.1 Å². The van der Waals surface area contributed by atoms with Crippen LogP contribution in [0.5, 0.6) is 0 Å².